The van der Waals surface area contributed by atoms with Gasteiger partial charge >= 0.3 is 5.97 Å². The third-order valence-corrected chi connectivity index (χ3v) is 16.2. The summed E-state index contributed by atoms with van der Waals surface area (Å²) in [4.78, 5) is 15.2. The minimum atomic E-state index is -0.626. The topological polar surface area (TPSA) is 137 Å². The van der Waals surface area contributed by atoms with Crippen LogP contribution in [0.5, 0.6) is 0 Å². The molecule has 276 valence electrons. The van der Waals surface area contributed by atoms with Crippen LogP contribution in [0.1, 0.15) is 121 Å². The molecule has 2 bridgehead atoms. The fourth-order valence-electron chi connectivity index (χ4n) is 12.6. The second kappa shape index (κ2) is 12.3. The first kappa shape index (κ1) is 36.7. The number of tetrazole rings is 1. The van der Waals surface area contributed by atoms with E-state index in [1.165, 1.54) is 5.57 Å². The average Bonchev–Trinajstić information content (AvgIpc) is 3.46. The number of aromatic nitrogens is 4. The van der Waals surface area contributed by atoms with Crippen molar-refractivity contribution < 1.29 is 19.4 Å². The summed E-state index contributed by atoms with van der Waals surface area (Å²) in [5.74, 6) is 0.892. The second-order valence-electron chi connectivity index (χ2n) is 18.9. The van der Waals surface area contributed by atoms with Crippen LogP contribution in [0.15, 0.2) is 11.6 Å². The van der Waals surface area contributed by atoms with E-state index in [9.17, 15) is 9.90 Å². The number of likely N-dealkylation sites (N-methyl/N-ethyl adjacent to an activating group) is 1. The average molecular weight is 683 g/mol. The minimum absolute atomic E-state index is 0.145. The molecule has 5 aliphatic rings. The van der Waals surface area contributed by atoms with Gasteiger partial charge in [-0.2, -0.15) is 4.80 Å². The molecule has 0 spiro atoms. The standard InChI is InChI=1S/C39H66N6O4/c1-12-41-38(11,24(4)5)21-49-31-28(45-43-33(40)42-44-45)19-39-22-48-20-35(31,8)29(39)14-13-26-27(39)15-16-37(10)30(32(46)47)34(7,25(6)23(2)3)17-18-36(26,37)9/h15,23-26,28-31,41H,12-14,16-22H2,1-11H3,(H2,40,43)(H,46,47)/t25-,26+,28-,29+,30-,31+,34-,35+,36-,37+,38-,39?/m1/s1. The van der Waals surface area contributed by atoms with Gasteiger partial charge in [0.1, 0.15) is 6.04 Å². The summed E-state index contributed by atoms with van der Waals surface area (Å²) in [6, 6.07) is -0.165. The molecule has 2 heterocycles. The number of hydrogen-bond donors (Lipinski definition) is 3. The summed E-state index contributed by atoms with van der Waals surface area (Å²) in [5, 5.41) is 28.0. The summed E-state index contributed by atoms with van der Waals surface area (Å²) >= 11 is 0. The number of nitrogens with two attached hydrogens (primary N) is 1. The molecule has 0 aromatic carbocycles. The number of ether oxygens (including phenoxy) is 2. The molecule has 1 unspecified atom stereocenters. The predicted octanol–water partition coefficient (Wildman–Crippen LogP) is 6.79. The summed E-state index contributed by atoms with van der Waals surface area (Å²) < 4.78 is 13.9. The Kier molecular flexibility index (Phi) is 9.21. The maximum absolute atomic E-state index is 13.5. The lowest BCUT2D eigenvalue weighted by Gasteiger charge is -2.71. The SMILES string of the molecule is CCN[C@](C)(CO[C@H]1[C@H](n2nnc(N)n2)CC23COC[C@@]1(C)[C@@H]2CC[C@H]1C3=CC[C@@]2(C)[C@H](C(=O)O)[C@@](C)([C@H](C)C(C)C)CC[C@]12C)C(C)C. The van der Waals surface area contributed by atoms with Crippen molar-refractivity contribution in [2.24, 2.45) is 62.6 Å². The quantitative estimate of drug-likeness (QED) is 0.228. The number of fused-ring (bicyclic) bond motifs is 3. The first-order chi connectivity index (χ1) is 22.8. The first-order valence-electron chi connectivity index (χ1n) is 19.3. The van der Waals surface area contributed by atoms with Crippen LogP contribution in [0.4, 0.5) is 5.95 Å². The fraction of sp³-hybridized carbons (Fsp3) is 0.897. The van der Waals surface area contributed by atoms with Crippen molar-refractivity contribution in [3.05, 3.63) is 11.6 Å². The lowest BCUT2D eigenvalue weighted by atomic mass is 9.34. The molecule has 1 aliphatic heterocycles. The molecular formula is C39H66N6O4. The molecule has 1 aromatic rings. The fourth-order valence-corrected chi connectivity index (χ4v) is 12.6. The number of nitrogens with one attached hydrogen (secondary N) is 1. The van der Waals surface area contributed by atoms with Crippen LogP contribution in [0, 0.1) is 62.6 Å². The Labute approximate surface area is 295 Å². The molecule has 6 rings (SSSR count). The van der Waals surface area contributed by atoms with Gasteiger partial charge < -0.3 is 25.6 Å². The van der Waals surface area contributed by atoms with E-state index in [1.54, 1.807) is 4.80 Å². The third-order valence-electron chi connectivity index (χ3n) is 16.2. The van der Waals surface area contributed by atoms with E-state index in [4.69, 9.17) is 15.2 Å². The van der Waals surface area contributed by atoms with E-state index in [-0.39, 0.29) is 50.7 Å². The Bertz CT molecular complexity index is 1450. The van der Waals surface area contributed by atoms with Crippen molar-refractivity contribution in [2.45, 2.75) is 132 Å². The number of allylic oxidation sites excluding steroid dienone is 1. The Balaban J connectivity index is 1.43. The number of carbonyl (C=O) groups is 1. The van der Waals surface area contributed by atoms with Gasteiger partial charge in [0.15, 0.2) is 0 Å². The summed E-state index contributed by atoms with van der Waals surface area (Å²) in [6.07, 6.45) is 7.97. The predicted molar refractivity (Wildman–Crippen MR) is 191 cm³/mol. The molecule has 10 nitrogen and oxygen atoms in total. The zero-order chi connectivity index (χ0) is 35.9. The molecule has 49 heavy (non-hydrogen) atoms. The zero-order valence-corrected chi connectivity index (χ0v) is 32.3. The lowest BCUT2D eigenvalue weighted by Crippen LogP contribution is -2.69. The summed E-state index contributed by atoms with van der Waals surface area (Å²) in [5.41, 5.74) is 6.12. The van der Waals surface area contributed by atoms with Crippen molar-refractivity contribution >= 4 is 11.9 Å². The molecule has 0 amide bonds. The van der Waals surface area contributed by atoms with Crippen LogP contribution >= 0.6 is 0 Å². The Morgan fingerprint density at radius 2 is 1.86 bits per heavy atom. The number of rotatable bonds is 10. The van der Waals surface area contributed by atoms with E-state index in [2.05, 4.69) is 103 Å². The Morgan fingerprint density at radius 1 is 1.14 bits per heavy atom. The van der Waals surface area contributed by atoms with Gasteiger partial charge in [-0.05, 0) is 103 Å². The van der Waals surface area contributed by atoms with E-state index in [0.717, 1.165) is 45.1 Å². The van der Waals surface area contributed by atoms with Crippen LogP contribution in [-0.2, 0) is 14.3 Å². The van der Waals surface area contributed by atoms with E-state index in [1.807, 2.05) is 0 Å². The Hall–Kier alpha value is -2.04. The van der Waals surface area contributed by atoms with Gasteiger partial charge in [-0.25, -0.2) is 0 Å². The molecule has 3 saturated carbocycles. The molecule has 0 radical (unpaired) electrons. The number of nitrogens with zero attached hydrogens (tertiary/aromatic N) is 4. The molecule has 1 saturated heterocycles. The van der Waals surface area contributed by atoms with Gasteiger partial charge in [-0.1, -0.05) is 86.0 Å². The van der Waals surface area contributed by atoms with Gasteiger partial charge in [0.2, 0.25) is 0 Å². The Morgan fingerprint density at radius 3 is 2.45 bits per heavy atom. The minimum Gasteiger partial charge on any atom is -0.481 e. The van der Waals surface area contributed by atoms with Crippen molar-refractivity contribution in [2.75, 3.05) is 32.1 Å². The van der Waals surface area contributed by atoms with Crippen molar-refractivity contribution in [1.29, 1.82) is 0 Å². The first-order valence-corrected chi connectivity index (χ1v) is 19.3. The van der Waals surface area contributed by atoms with Crippen LogP contribution in [0.25, 0.3) is 0 Å². The molecule has 4 fully saturated rings. The smallest absolute Gasteiger partial charge is 0.307 e. The second-order valence-corrected chi connectivity index (χ2v) is 18.9. The molecule has 4 aliphatic carbocycles. The maximum Gasteiger partial charge on any atom is 0.307 e. The highest BCUT2D eigenvalue weighted by molar-refractivity contribution is 5.73. The normalized spacial score (nSPS) is 43.6. The van der Waals surface area contributed by atoms with Crippen LogP contribution in [-0.4, -0.2) is 69.3 Å². The number of carboxylic acid groups (broad SMARTS) is 1. The lowest BCUT2D eigenvalue weighted by molar-refractivity contribution is -0.254. The van der Waals surface area contributed by atoms with Gasteiger partial charge in [0.05, 0.1) is 31.8 Å². The third kappa shape index (κ3) is 5.18. The van der Waals surface area contributed by atoms with Crippen molar-refractivity contribution in [3.63, 3.8) is 0 Å². The maximum atomic E-state index is 13.5. The highest BCUT2D eigenvalue weighted by atomic mass is 16.5. The van der Waals surface area contributed by atoms with Gasteiger partial charge in [0, 0.05) is 16.4 Å². The van der Waals surface area contributed by atoms with Gasteiger partial charge in [-0.15, -0.1) is 5.10 Å². The van der Waals surface area contributed by atoms with E-state index < -0.39 is 11.9 Å². The highest BCUT2D eigenvalue weighted by Crippen LogP contribution is 2.75. The van der Waals surface area contributed by atoms with Crippen LogP contribution < -0.4 is 11.1 Å². The number of aliphatic carboxylic acids is 1. The number of nitrogen functional groups attached to an aromatic ring is 1. The number of anilines is 1. The van der Waals surface area contributed by atoms with E-state index in [0.29, 0.717) is 49.4 Å². The zero-order valence-electron chi connectivity index (χ0n) is 32.3. The monoisotopic (exact) mass is 683 g/mol. The number of carboxylic acids is 1. The molecular weight excluding hydrogens is 616 g/mol. The highest BCUT2D eigenvalue weighted by Gasteiger charge is 2.72. The van der Waals surface area contributed by atoms with Crippen molar-refractivity contribution in [3.8, 4) is 0 Å². The molecule has 10 heteroatoms. The van der Waals surface area contributed by atoms with E-state index >= 15 is 0 Å². The molecule has 1 aromatic heterocycles. The van der Waals surface area contributed by atoms with Gasteiger partial charge in [-0.3, -0.25) is 4.79 Å². The molecule has 4 N–H and O–H groups in total. The van der Waals surface area contributed by atoms with Crippen LogP contribution in [0.2, 0.25) is 0 Å². The molecule has 12 atom stereocenters. The summed E-state index contributed by atoms with van der Waals surface area (Å²) in [6.45, 7) is 27.8. The van der Waals surface area contributed by atoms with Crippen LogP contribution in [0.3, 0.4) is 0 Å². The van der Waals surface area contributed by atoms with Gasteiger partial charge in [0.25, 0.3) is 5.95 Å². The summed E-state index contributed by atoms with van der Waals surface area (Å²) in [7, 11) is 0. The van der Waals surface area contributed by atoms with Crippen molar-refractivity contribution in [1.82, 2.24) is 25.5 Å². The largest absolute Gasteiger partial charge is 0.481 e. The number of hydrogen-bond acceptors (Lipinski definition) is 8.